The van der Waals surface area contributed by atoms with Crippen molar-refractivity contribution in [2.45, 2.75) is 332 Å². The third-order valence-corrected chi connectivity index (χ3v) is 15.1. The fourth-order valence-corrected chi connectivity index (χ4v) is 8.94. The average molecular weight is 1230 g/mol. The zero-order valence-corrected chi connectivity index (χ0v) is 57.8. The van der Waals surface area contributed by atoms with Crippen molar-refractivity contribution in [2.75, 3.05) is 26.4 Å². The summed E-state index contributed by atoms with van der Waals surface area (Å²) in [6, 6.07) is 0. The highest BCUT2D eigenvalue weighted by Crippen LogP contribution is 2.24. The average Bonchev–Trinajstić information content (AvgIpc) is 3.71. The molecule has 0 bridgehead atoms. The van der Waals surface area contributed by atoms with Gasteiger partial charge < -0.3 is 28.8 Å². The van der Waals surface area contributed by atoms with Crippen LogP contribution >= 0.6 is 0 Å². The van der Waals surface area contributed by atoms with Crippen molar-refractivity contribution in [3.05, 3.63) is 73.1 Å². The molecule has 506 valence electrons. The first-order valence-electron chi connectivity index (χ1n) is 35.1. The highest BCUT2D eigenvalue weighted by molar-refractivity contribution is 5.88. The maximum absolute atomic E-state index is 11.6. The van der Waals surface area contributed by atoms with Gasteiger partial charge in [-0.1, -0.05) is 294 Å². The molecule has 0 fully saturated rings. The van der Waals surface area contributed by atoms with E-state index < -0.39 is 5.97 Å². The zero-order chi connectivity index (χ0) is 65.8. The lowest BCUT2D eigenvalue weighted by Gasteiger charge is -2.15. The number of carbonyl (C=O) groups excluding carboxylic acids is 5. The SMILES string of the molecule is C=C(CCC)C(=O)OCCCC(C)CC.C=C(CCC)C(=O)OCCCCCCC.C=CC(=O)OCCCCCCCCCCCC.C=CC(=O)OCCCCCCCCCCCCCC.CCCCC(CC)CC(=CCC(=O)OC1=CCC1)C(=O)O. The number of aliphatic carboxylic acids is 1. The molecule has 0 spiro atoms. The van der Waals surface area contributed by atoms with Gasteiger partial charge in [0.25, 0.3) is 0 Å². The lowest BCUT2D eigenvalue weighted by atomic mass is 9.91. The summed E-state index contributed by atoms with van der Waals surface area (Å²) in [5.41, 5.74) is 1.53. The van der Waals surface area contributed by atoms with Crippen LogP contribution in [0.2, 0.25) is 0 Å². The van der Waals surface area contributed by atoms with E-state index in [2.05, 4.69) is 74.8 Å². The van der Waals surface area contributed by atoms with Crippen LogP contribution in [0.1, 0.15) is 332 Å². The number of rotatable bonds is 53. The van der Waals surface area contributed by atoms with Gasteiger partial charge in [0.05, 0.1) is 32.8 Å². The summed E-state index contributed by atoms with van der Waals surface area (Å²) < 4.78 is 25.1. The number of unbranched alkanes of at least 4 members (excludes halogenated alkanes) is 25. The summed E-state index contributed by atoms with van der Waals surface area (Å²) in [7, 11) is 0. The fourth-order valence-electron chi connectivity index (χ4n) is 8.94. The lowest BCUT2D eigenvalue weighted by Crippen LogP contribution is -2.10. The van der Waals surface area contributed by atoms with Crippen LogP contribution in [0.5, 0.6) is 0 Å². The van der Waals surface area contributed by atoms with Crippen molar-refractivity contribution in [1.82, 2.24) is 0 Å². The standard InChI is InChI=1S/C17H26O4.C17H32O2.C15H28O2.2C13H24O2/c1-3-5-7-13(4-2)12-14(17(19)20)10-11-16(18)21-15-8-6-9-15;1-3-5-6-7-8-9-10-11-12-13-14-15-16-19-17(18)4-2;1-3-5-6-7-8-9-10-11-12-13-14-17-15(16)4-2;1-5-8-12(4)13(14)15-10-7-9-11(3)6-2;1-4-6-7-8-9-11-15-13(14)12(3)10-5-2/h8,10,13H,3-7,9,11-12H2,1-2H3,(H,19,20);4H,2-3,5-16H2,1H3;4H,2-3,5-14H2,1H3;11H,4-10H2,1-3H3;3-11H2,1-2H3. The Hall–Kier alpha value is -4.74. The van der Waals surface area contributed by atoms with Crippen LogP contribution < -0.4 is 0 Å². The number of carbonyl (C=O) groups is 6. The van der Waals surface area contributed by atoms with E-state index >= 15 is 0 Å². The van der Waals surface area contributed by atoms with Gasteiger partial charge >= 0.3 is 35.8 Å². The number of carboxylic acid groups (broad SMARTS) is 1. The van der Waals surface area contributed by atoms with Gasteiger partial charge in [0, 0.05) is 35.3 Å². The van der Waals surface area contributed by atoms with Gasteiger partial charge in [0.1, 0.15) is 5.76 Å². The largest absolute Gasteiger partial charge is 0.478 e. The monoisotopic (exact) mass is 1230 g/mol. The minimum atomic E-state index is -0.930. The molecule has 12 heteroatoms. The second kappa shape index (κ2) is 70.3. The maximum Gasteiger partial charge on any atom is 0.333 e. The number of ether oxygens (including phenoxy) is 5. The van der Waals surface area contributed by atoms with Crippen molar-refractivity contribution in [1.29, 1.82) is 0 Å². The highest BCUT2D eigenvalue weighted by Gasteiger charge is 2.17. The van der Waals surface area contributed by atoms with Gasteiger partial charge in [0.2, 0.25) is 0 Å². The van der Waals surface area contributed by atoms with Crippen LogP contribution in [0.25, 0.3) is 0 Å². The van der Waals surface area contributed by atoms with E-state index in [4.69, 9.17) is 23.7 Å². The van der Waals surface area contributed by atoms with Crippen molar-refractivity contribution in [3.63, 3.8) is 0 Å². The van der Waals surface area contributed by atoms with Crippen LogP contribution in [-0.2, 0) is 52.5 Å². The summed E-state index contributed by atoms with van der Waals surface area (Å²) in [5.74, 6) is -0.542. The number of carboxylic acids is 1. The van der Waals surface area contributed by atoms with E-state index in [-0.39, 0.29) is 36.3 Å². The minimum Gasteiger partial charge on any atom is -0.478 e. The third kappa shape index (κ3) is 67.0. The summed E-state index contributed by atoms with van der Waals surface area (Å²) in [6.45, 7) is 35.7. The number of hydrogen-bond acceptors (Lipinski definition) is 11. The molecule has 2 unspecified atom stereocenters. The Morgan fingerprint density at radius 2 is 0.839 bits per heavy atom. The van der Waals surface area contributed by atoms with Crippen molar-refractivity contribution >= 4 is 35.8 Å². The van der Waals surface area contributed by atoms with Crippen molar-refractivity contribution in [3.8, 4) is 0 Å². The highest BCUT2D eigenvalue weighted by atomic mass is 16.5. The lowest BCUT2D eigenvalue weighted by molar-refractivity contribution is -0.140. The molecule has 1 N–H and O–H groups in total. The number of esters is 5. The smallest absolute Gasteiger partial charge is 0.333 e. The third-order valence-electron chi connectivity index (χ3n) is 15.1. The molecule has 0 aromatic carbocycles. The molecule has 0 saturated carbocycles. The van der Waals surface area contributed by atoms with Crippen molar-refractivity contribution in [2.24, 2.45) is 11.8 Å². The molecular weight excluding hydrogens is 1090 g/mol. The normalized spacial score (nSPS) is 11.9. The second-order valence-corrected chi connectivity index (χ2v) is 23.4. The minimum absolute atomic E-state index is 0.0309. The summed E-state index contributed by atoms with van der Waals surface area (Å²) in [5, 5.41) is 9.26. The van der Waals surface area contributed by atoms with E-state index in [1.165, 1.54) is 172 Å². The molecule has 87 heavy (non-hydrogen) atoms. The Morgan fingerprint density at radius 1 is 0.483 bits per heavy atom. The van der Waals surface area contributed by atoms with E-state index in [0.717, 1.165) is 109 Å². The van der Waals surface area contributed by atoms with Gasteiger partial charge in [-0.3, -0.25) is 4.79 Å². The van der Waals surface area contributed by atoms with Crippen molar-refractivity contribution < 1.29 is 57.6 Å². The van der Waals surface area contributed by atoms with Crippen LogP contribution in [-0.4, -0.2) is 67.3 Å². The molecule has 0 saturated heterocycles. The van der Waals surface area contributed by atoms with Crippen LogP contribution in [0.4, 0.5) is 0 Å². The zero-order valence-electron chi connectivity index (χ0n) is 57.8. The first-order valence-corrected chi connectivity index (χ1v) is 35.1. The molecule has 1 aliphatic carbocycles. The molecule has 0 aromatic heterocycles. The van der Waals surface area contributed by atoms with E-state index in [1.54, 1.807) is 0 Å². The van der Waals surface area contributed by atoms with Gasteiger partial charge in [-0.15, -0.1) is 0 Å². The number of allylic oxidation sites excluding steroid dienone is 2. The molecule has 0 aliphatic heterocycles. The quantitative estimate of drug-likeness (QED) is 0.0265. The summed E-state index contributed by atoms with van der Waals surface area (Å²) >= 11 is 0. The maximum atomic E-state index is 11.6. The topological polar surface area (TPSA) is 169 Å². The summed E-state index contributed by atoms with van der Waals surface area (Å²) in [4.78, 5) is 67.0. The Labute approximate surface area is 534 Å². The molecule has 0 amide bonds. The molecule has 0 heterocycles. The van der Waals surface area contributed by atoms with E-state index in [9.17, 15) is 33.9 Å². The molecular formula is C75H134O12. The first kappa shape index (κ1) is 88.7. The van der Waals surface area contributed by atoms with Gasteiger partial charge in [-0.25, -0.2) is 24.0 Å². The van der Waals surface area contributed by atoms with Gasteiger partial charge in [-0.05, 0) is 75.7 Å². The second-order valence-electron chi connectivity index (χ2n) is 23.4. The number of hydrogen-bond donors (Lipinski definition) is 1. The van der Waals surface area contributed by atoms with Crippen LogP contribution in [0.3, 0.4) is 0 Å². The molecule has 1 rings (SSSR count). The predicted molar refractivity (Wildman–Crippen MR) is 364 cm³/mol. The van der Waals surface area contributed by atoms with Crippen LogP contribution in [0, 0.1) is 11.8 Å². The first-order chi connectivity index (χ1) is 42.0. The molecule has 12 nitrogen and oxygen atoms in total. The van der Waals surface area contributed by atoms with E-state index in [1.807, 2.05) is 19.9 Å². The van der Waals surface area contributed by atoms with E-state index in [0.29, 0.717) is 61.2 Å². The Morgan fingerprint density at radius 3 is 1.15 bits per heavy atom. The molecule has 2 atom stereocenters. The van der Waals surface area contributed by atoms with Gasteiger partial charge in [-0.2, -0.15) is 0 Å². The molecule has 0 radical (unpaired) electrons. The molecule has 0 aromatic rings. The fraction of sp³-hybridized carbons (Fsp3) is 0.760. The molecule has 1 aliphatic rings. The van der Waals surface area contributed by atoms with Gasteiger partial charge in [0.15, 0.2) is 0 Å². The Kier molecular flexibility index (Phi) is 71.7. The Bertz CT molecular complexity index is 1780. The summed E-state index contributed by atoms with van der Waals surface area (Å²) in [6.07, 6.45) is 53.8. The van der Waals surface area contributed by atoms with Crippen LogP contribution in [0.15, 0.2) is 73.1 Å². The predicted octanol–water partition coefficient (Wildman–Crippen LogP) is 21.8. The Balaban J connectivity index is -0.000000498.